The van der Waals surface area contributed by atoms with Crippen LogP contribution >= 0.6 is 23.2 Å². The number of carbonyl (C=O) groups excluding carboxylic acids is 1. The molecule has 2 aromatic carbocycles. The molecule has 2 aromatic heterocycles. The SMILES string of the molecule is Cc1ccc(NC(=O)CCc2c(C)nc3nc(NCc4ccc(Cl)cc4)[nH]n3c2=O)cc1Cl. The van der Waals surface area contributed by atoms with Gasteiger partial charge >= 0.3 is 0 Å². The highest BCUT2D eigenvalue weighted by Crippen LogP contribution is 2.20. The van der Waals surface area contributed by atoms with Gasteiger partial charge in [-0.25, -0.2) is 4.98 Å². The van der Waals surface area contributed by atoms with Crippen molar-refractivity contribution in [3.05, 3.63) is 85.2 Å². The van der Waals surface area contributed by atoms with Gasteiger partial charge in [-0.15, -0.1) is 0 Å². The molecule has 0 fully saturated rings. The number of aromatic nitrogens is 4. The van der Waals surface area contributed by atoms with Crippen molar-refractivity contribution in [2.45, 2.75) is 33.2 Å². The maximum atomic E-state index is 13.0. The molecule has 0 aliphatic heterocycles. The summed E-state index contributed by atoms with van der Waals surface area (Å²) >= 11 is 12.0. The van der Waals surface area contributed by atoms with Crippen LogP contribution in [0.5, 0.6) is 0 Å². The van der Waals surface area contributed by atoms with E-state index in [1.165, 1.54) is 4.52 Å². The van der Waals surface area contributed by atoms with Crippen molar-refractivity contribution in [2.75, 3.05) is 10.6 Å². The minimum atomic E-state index is -0.282. The molecular formula is C23H22Cl2N6O2. The lowest BCUT2D eigenvalue weighted by Gasteiger charge is -2.08. The van der Waals surface area contributed by atoms with E-state index in [9.17, 15) is 9.59 Å². The van der Waals surface area contributed by atoms with Crippen LogP contribution in [-0.2, 0) is 17.8 Å². The van der Waals surface area contributed by atoms with Gasteiger partial charge in [0.1, 0.15) is 0 Å². The highest BCUT2D eigenvalue weighted by atomic mass is 35.5. The van der Waals surface area contributed by atoms with Gasteiger partial charge in [0.2, 0.25) is 11.9 Å². The minimum Gasteiger partial charge on any atom is -0.351 e. The number of carbonyl (C=O) groups is 1. The van der Waals surface area contributed by atoms with Crippen LogP contribution in [0.4, 0.5) is 11.6 Å². The largest absolute Gasteiger partial charge is 0.351 e. The molecule has 4 aromatic rings. The summed E-state index contributed by atoms with van der Waals surface area (Å²) in [4.78, 5) is 34.1. The molecule has 0 aliphatic rings. The molecule has 0 aliphatic carbocycles. The van der Waals surface area contributed by atoms with Gasteiger partial charge in [-0.3, -0.25) is 14.7 Å². The van der Waals surface area contributed by atoms with Crippen molar-refractivity contribution < 1.29 is 4.79 Å². The zero-order valence-corrected chi connectivity index (χ0v) is 19.6. The van der Waals surface area contributed by atoms with Crippen molar-refractivity contribution in [1.82, 2.24) is 19.6 Å². The van der Waals surface area contributed by atoms with Gasteiger partial charge in [0.05, 0.1) is 5.69 Å². The number of aromatic amines is 1. The predicted molar refractivity (Wildman–Crippen MR) is 130 cm³/mol. The van der Waals surface area contributed by atoms with Crippen molar-refractivity contribution in [3.8, 4) is 0 Å². The van der Waals surface area contributed by atoms with Crippen LogP contribution in [-0.4, -0.2) is 25.5 Å². The van der Waals surface area contributed by atoms with Gasteiger partial charge in [0, 0.05) is 34.3 Å². The summed E-state index contributed by atoms with van der Waals surface area (Å²) in [7, 11) is 0. The van der Waals surface area contributed by atoms with E-state index in [4.69, 9.17) is 23.2 Å². The summed E-state index contributed by atoms with van der Waals surface area (Å²) in [5.41, 5.74) is 3.27. The Morgan fingerprint density at radius 3 is 2.58 bits per heavy atom. The summed E-state index contributed by atoms with van der Waals surface area (Å²) < 4.78 is 1.28. The zero-order chi connectivity index (χ0) is 23.5. The summed E-state index contributed by atoms with van der Waals surface area (Å²) in [5.74, 6) is 0.465. The van der Waals surface area contributed by atoms with E-state index in [1.807, 2.05) is 37.3 Å². The quantitative estimate of drug-likeness (QED) is 0.357. The first-order valence-electron chi connectivity index (χ1n) is 10.3. The Hall–Kier alpha value is -3.36. The molecule has 1 amide bonds. The number of amides is 1. The van der Waals surface area contributed by atoms with E-state index >= 15 is 0 Å². The highest BCUT2D eigenvalue weighted by Gasteiger charge is 2.15. The van der Waals surface area contributed by atoms with Crippen LogP contribution < -0.4 is 16.2 Å². The second kappa shape index (κ2) is 9.64. The van der Waals surface area contributed by atoms with E-state index < -0.39 is 0 Å². The molecule has 2 heterocycles. The number of hydrogen-bond acceptors (Lipinski definition) is 5. The second-order valence-corrected chi connectivity index (χ2v) is 8.52. The number of aryl methyl sites for hydroxylation is 2. The van der Waals surface area contributed by atoms with Crippen LogP contribution in [0, 0.1) is 13.8 Å². The Balaban J connectivity index is 1.45. The molecule has 3 N–H and O–H groups in total. The third-order valence-corrected chi connectivity index (χ3v) is 5.89. The first-order valence-corrected chi connectivity index (χ1v) is 11.1. The van der Waals surface area contributed by atoms with Crippen LogP contribution in [0.3, 0.4) is 0 Å². The maximum absolute atomic E-state index is 13.0. The Labute approximate surface area is 200 Å². The molecular weight excluding hydrogens is 463 g/mol. The first-order chi connectivity index (χ1) is 15.8. The first kappa shape index (κ1) is 22.8. The molecule has 0 saturated heterocycles. The standard InChI is InChI=1S/C23H22Cl2N6O2/c1-13-3-8-17(11-19(13)25)28-20(32)10-9-18-14(2)27-23-29-22(30-31(23)21(18)33)26-12-15-4-6-16(24)7-5-15/h3-8,11H,9-10,12H2,1-2H3,(H,28,32)(H2,26,27,29,30). The van der Waals surface area contributed by atoms with Gasteiger partial charge in [0.15, 0.2) is 0 Å². The zero-order valence-electron chi connectivity index (χ0n) is 18.1. The summed E-state index contributed by atoms with van der Waals surface area (Å²) in [6.45, 7) is 4.13. The average molecular weight is 485 g/mol. The van der Waals surface area contributed by atoms with Crippen LogP contribution in [0.2, 0.25) is 10.0 Å². The van der Waals surface area contributed by atoms with Gasteiger partial charge in [-0.2, -0.15) is 9.50 Å². The number of anilines is 2. The fourth-order valence-corrected chi connectivity index (χ4v) is 3.65. The molecule has 4 rings (SSSR count). The van der Waals surface area contributed by atoms with E-state index in [2.05, 4.69) is 25.7 Å². The fourth-order valence-electron chi connectivity index (χ4n) is 3.34. The Bertz CT molecular complexity index is 1380. The monoisotopic (exact) mass is 484 g/mol. The molecule has 170 valence electrons. The molecule has 0 spiro atoms. The lowest BCUT2D eigenvalue weighted by atomic mass is 10.1. The fraction of sp³-hybridized carbons (Fsp3) is 0.217. The van der Waals surface area contributed by atoms with E-state index in [-0.39, 0.29) is 30.1 Å². The van der Waals surface area contributed by atoms with Crippen molar-refractivity contribution >= 4 is 46.5 Å². The van der Waals surface area contributed by atoms with Crippen molar-refractivity contribution in [3.63, 3.8) is 0 Å². The summed E-state index contributed by atoms with van der Waals surface area (Å²) in [5, 5.41) is 10.1. The number of hydrogen-bond donors (Lipinski definition) is 3. The second-order valence-electron chi connectivity index (χ2n) is 7.68. The molecule has 0 bridgehead atoms. The molecule has 0 saturated carbocycles. The lowest BCUT2D eigenvalue weighted by Crippen LogP contribution is -2.23. The lowest BCUT2D eigenvalue weighted by molar-refractivity contribution is -0.116. The Kier molecular flexibility index (Phi) is 6.67. The average Bonchev–Trinajstić information content (AvgIpc) is 3.19. The maximum Gasteiger partial charge on any atom is 0.277 e. The van der Waals surface area contributed by atoms with Gasteiger partial charge < -0.3 is 10.6 Å². The molecule has 0 unspecified atom stereocenters. The topological polar surface area (TPSA) is 104 Å². The van der Waals surface area contributed by atoms with Crippen LogP contribution in [0.25, 0.3) is 5.78 Å². The third kappa shape index (κ3) is 5.35. The van der Waals surface area contributed by atoms with Gasteiger partial charge in [-0.05, 0) is 55.7 Å². The van der Waals surface area contributed by atoms with Crippen LogP contribution in [0.15, 0.2) is 47.3 Å². The van der Waals surface area contributed by atoms with Crippen LogP contribution in [0.1, 0.15) is 28.8 Å². The van der Waals surface area contributed by atoms with Gasteiger partial charge in [-0.1, -0.05) is 41.4 Å². The summed E-state index contributed by atoms with van der Waals surface area (Å²) in [6.07, 6.45) is 0.379. The minimum absolute atomic E-state index is 0.130. The molecule has 0 atom stereocenters. The number of nitrogens with one attached hydrogen (secondary N) is 3. The number of nitrogens with zero attached hydrogens (tertiary/aromatic N) is 3. The van der Waals surface area contributed by atoms with Gasteiger partial charge in [0.25, 0.3) is 11.3 Å². The molecule has 10 heteroatoms. The van der Waals surface area contributed by atoms with Crippen molar-refractivity contribution in [1.29, 1.82) is 0 Å². The van der Waals surface area contributed by atoms with E-state index in [0.717, 1.165) is 11.1 Å². The Morgan fingerprint density at radius 1 is 1.09 bits per heavy atom. The molecule has 8 nitrogen and oxygen atoms in total. The van der Waals surface area contributed by atoms with Crippen molar-refractivity contribution in [2.24, 2.45) is 0 Å². The number of benzene rings is 2. The summed E-state index contributed by atoms with van der Waals surface area (Å²) in [6, 6.07) is 12.7. The number of fused-ring (bicyclic) bond motifs is 1. The van der Waals surface area contributed by atoms with E-state index in [0.29, 0.717) is 39.5 Å². The molecule has 0 radical (unpaired) electrons. The molecule has 33 heavy (non-hydrogen) atoms. The Morgan fingerprint density at radius 2 is 1.85 bits per heavy atom. The third-order valence-electron chi connectivity index (χ3n) is 5.23. The van der Waals surface area contributed by atoms with E-state index in [1.54, 1.807) is 19.1 Å². The highest BCUT2D eigenvalue weighted by molar-refractivity contribution is 6.31. The number of H-pyrrole nitrogens is 1. The smallest absolute Gasteiger partial charge is 0.277 e. The number of halogens is 2. The normalized spacial score (nSPS) is 11.0. The predicted octanol–water partition coefficient (Wildman–Crippen LogP) is 4.52. The number of rotatable bonds is 7.